The van der Waals surface area contributed by atoms with E-state index >= 15 is 0 Å². The molecule has 4 N–H and O–H groups in total. The van der Waals surface area contributed by atoms with Crippen LogP contribution < -0.4 is 10.1 Å². The fourth-order valence-corrected chi connectivity index (χ4v) is 5.10. The molecule has 2 aromatic carbocycles. The predicted molar refractivity (Wildman–Crippen MR) is 151 cm³/mol. The van der Waals surface area contributed by atoms with Crippen molar-refractivity contribution in [2.24, 2.45) is 0 Å². The van der Waals surface area contributed by atoms with Gasteiger partial charge in [-0.3, -0.25) is 9.48 Å². The molecular weight excluding hydrogens is 513 g/mol. The molecule has 0 fully saturated rings. The van der Waals surface area contributed by atoms with Crippen molar-refractivity contribution in [2.75, 3.05) is 13.6 Å². The minimum Gasteiger partial charge on any atom is -0.456 e. The van der Waals surface area contributed by atoms with Crippen molar-refractivity contribution in [1.29, 1.82) is 0 Å². The number of aryl methyl sites for hydroxylation is 2. The number of fused-ring (bicyclic) bond motifs is 2. The summed E-state index contributed by atoms with van der Waals surface area (Å²) in [5, 5.41) is 29.5. The molecule has 5 rings (SSSR count). The Kier molecular flexibility index (Phi) is 6.93. The molecule has 1 unspecified atom stereocenters. The fourth-order valence-electron chi connectivity index (χ4n) is 5.10. The van der Waals surface area contributed by atoms with Crippen LogP contribution in [0.4, 0.5) is 4.39 Å². The molecule has 1 aliphatic heterocycles. The van der Waals surface area contributed by atoms with Crippen LogP contribution in [0.1, 0.15) is 65.4 Å². The van der Waals surface area contributed by atoms with E-state index in [4.69, 9.17) is 4.74 Å². The van der Waals surface area contributed by atoms with Gasteiger partial charge in [-0.1, -0.05) is 0 Å². The molecule has 1 atom stereocenters. The SMILES string of the molecule is CCNC(=O)c1cc2c([nH]1)C(O)N(C)C=C2c1cc2c(cnn2CC(C)(C)O)cc1Oc1c(C)cc(F)cc1C. The minimum absolute atomic E-state index is 0.265. The van der Waals surface area contributed by atoms with Gasteiger partial charge in [0.1, 0.15) is 23.0 Å². The van der Waals surface area contributed by atoms with Crippen molar-refractivity contribution in [1.82, 2.24) is 25.0 Å². The maximum atomic E-state index is 14.1. The summed E-state index contributed by atoms with van der Waals surface area (Å²) >= 11 is 0. The molecule has 0 aliphatic carbocycles. The lowest BCUT2D eigenvalue weighted by atomic mass is 9.93. The molecule has 0 saturated heterocycles. The van der Waals surface area contributed by atoms with E-state index in [-0.39, 0.29) is 18.3 Å². The van der Waals surface area contributed by atoms with E-state index in [1.54, 1.807) is 62.8 Å². The second-order valence-electron chi connectivity index (χ2n) is 10.9. The number of hydrogen-bond acceptors (Lipinski definition) is 6. The summed E-state index contributed by atoms with van der Waals surface area (Å²) in [6.07, 6.45) is 2.52. The highest BCUT2D eigenvalue weighted by atomic mass is 19.1. The maximum Gasteiger partial charge on any atom is 0.267 e. The largest absolute Gasteiger partial charge is 0.456 e. The molecule has 2 aromatic heterocycles. The second-order valence-corrected chi connectivity index (χ2v) is 10.9. The number of H-pyrrole nitrogens is 1. The Hall–Kier alpha value is -4.15. The zero-order chi connectivity index (χ0) is 28.9. The van der Waals surface area contributed by atoms with E-state index in [0.717, 1.165) is 10.9 Å². The molecule has 0 bridgehead atoms. The van der Waals surface area contributed by atoms with Gasteiger partial charge in [-0.25, -0.2) is 4.39 Å². The number of amides is 1. The topological polar surface area (TPSA) is 116 Å². The van der Waals surface area contributed by atoms with Crippen molar-refractivity contribution in [3.63, 3.8) is 0 Å². The number of carbonyl (C=O) groups excluding carboxylic acids is 1. The van der Waals surface area contributed by atoms with Gasteiger partial charge in [-0.05, 0) is 76.1 Å². The van der Waals surface area contributed by atoms with Gasteiger partial charge in [0, 0.05) is 41.9 Å². The van der Waals surface area contributed by atoms with Crippen molar-refractivity contribution in [3.8, 4) is 11.5 Å². The number of hydrogen-bond donors (Lipinski definition) is 4. The highest BCUT2D eigenvalue weighted by Crippen LogP contribution is 2.43. The first kappa shape index (κ1) is 27.4. The molecule has 210 valence electrons. The van der Waals surface area contributed by atoms with Gasteiger partial charge in [0.05, 0.1) is 29.6 Å². The molecule has 3 heterocycles. The zero-order valence-electron chi connectivity index (χ0n) is 23.5. The molecule has 0 saturated carbocycles. The van der Waals surface area contributed by atoms with Crippen molar-refractivity contribution >= 4 is 22.4 Å². The Morgan fingerprint density at radius 2 is 1.88 bits per heavy atom. The number of nitrogens with one attached hydrogen (secondary N) is 2. The highest BCUT2D eigenvalue weighted by molar-refractivity contribution is 5.97. The van der Waals surface area contributed by atoms with Gasteiger partial charge < -0.3 is 30.2 Å². The third kappa shape index (κ3) is 5.07. The molecule has 10 heteroatoms. The summed E-state index contributed by atoms with van der Waals surface area (Å²) in [6.45, 7) is 9.58. The summed E-state index contributed by atoms with van der Waals surface area (Å²) in [5.41, 5.74) is 3.90. The molecule has 0 radical (unpaired) electrons. The molecule has 1 aliphatic rings. The number of benzene rings is 2. The van der Waals surface area contributed by atoms with E-state index in [1.165, 1.54) is 12.1 Å². The molecule has 4 aromatic rings. The Balaban J connectivity index is 1.73. The van der Waals surface area contributed by atoms with Gasteiger partial charge in [-0.15, -0.1) is 0 Å². The first-order chi connectivity index (χ1) is 18.9. The van der Waals surface area contributed by atoms with Crippen molar-refractivity contribution in [2.45, 2.75) is 53.0 Å². The molecule has 1 amide bonds. The summed E-state index contributed by atoms with van der Waals surface area (Å²) in [5.74, 6) is 0.411. The Morgan fingerprint density at radius 1 is 1.18 bits per heavy atom. The number of halogens is 1. The fraction of sp³-hybridized carbons (Fsp3) is 0.333. The van der Waals surface area contributed by atoms with E-state index < -0.39 is 11.8 Å². The lowest BCUT2D eigenvalue weighted by Gasteiger charge is -2.29. The number of carbonyl (C=O) groups is 1. The number of aliphatic hydroxyl groups is 2. The average molecular weight is 548 g/mol. The number of aromatic nitrogens is 3. The minimum atomic E-state index is -1.000. The number of ether oxygens (including phenoxy) is 1. The Morgan fingerprint density at radius 3 is 2.52 bits per heavy atom. The smallest absolute Gasteiger partial charge is 0.267 e. The third-order valence-corrected chi connectivity index (χ3v) is 6.90. The van der Waals surface area contributed by atoms with E-state index in [0.29, 0.717) is 57.3 Å². The number of aromatic amines is 1. The summed E-state index contributed by atoms with van der Waals surface area (Å²) in [6, 6.07) is 8.36. The van der Waals surface area contributed by atoms with Crippen LogP contribution in [0.5, 0.6) is 11.5 Å². The standard InChI is InChI=1S/C30H34FN5O4/c1-7-32-28(37)23-11-21-22(14-35(6)29(38)26(21)34-23)20-12-24-18(13-33-36(24)15-30(4,5)39)10-25(20)40-27-16(2)8-19(31)9-17(27)3/h8-14,29,34,38-39H,7,15H2,1-6H3,(H,32,37). The summed E-state index contributed by atoms with van der Waals surface area (Å²) in [4.78, 5) is 17.4. The van der Waals surface area contributed by atoms with Crippen LogP contribution in [0.3, 0.4) is 0 Å². The highest BCUT2D eigenvalue weighted by Gasteiger charge is 2.30. The van der Waals surface area contributed by atoms with Gasteiger partial charge in [0.2, 0.25) is 0 Å². The number of rotatable bonds is 7. The van der Waals surface area contributed by atoms with Crippen LogP contribution in [0.2, 0.25) is 0 Å². The van der Waals surface area contributed by atoms with Gasteiger partial charge in [0.15, 0.2) is 6.23 Å². The normalized spacial score (nSPS) is 15.3. The molecular formula is C30H34FN5O4. The monoisotopic (exact) mass is 547 g/mol. The summed E-state index contributed by atoms with van der Waals surface area (Å²) in [7, 11) is 1.74. The van der Waals surface area contributed by atoms with Crippen LogP contribution in [-0.4, -0.2) is 55.0 Å². The predicted octanol–water partition coefficient (Wildman–Crippen LogP) is 4.76. The number of nitrogens with zero attached hydrogens (tertiary/aromatic N) is 3. The van der Waals surface area contributed by atoms with Crippen LogP contribution >= 0.6 is 0 Å². The second kappa shape index (κ2) is 10.1. The maximum absolute atomic E-state index is 14.1. The average Bonchev–Trinajstić information content (AvgIpc) is 3.47. The third-order valence-electron chi connectivity index (χ3n) is 6.90. The van der Waals surface area contributed by atoms with Crippen molar-refractivity contribution < 1.29 is 24.1 Å². The van der Waals surface area contributed by atoms with E-state index in [9.17, 15) is 19.4 Å². The first-order valence-corrected chi connectivity index (χ1v) is 13.2. The van der Waals surface area contributed by atoms with E-state index in [1.807, 2.05) is 19.1 Å². The molecule has 40 heavy (non-hydrogen) atoms. The zero-order valence-corrected chi connectivity index (χ0v) is 23.5. The van der Waals surface area contributed by atoms with Crippen LogP contribution in [0, 0.1) is 19.7 Å². The Labute approximate surface area is 231 Å². The summed E-state index contributed by atoms with van der Waals surface area (Å²) < 4.78 is 22.3. The number of aliphatic hydroxyl groups excluding tert-OH is 1. The van der Waals surface area contributed by atoms with Gasteiger partial charge in [-0.2, -0.15) is 5.10 Å². The Bertz CT molecular complexity index is 1620. The quantitative estimate of drug-likeness (QED) is 0.265. The lowest BCUT2D eigenvalue weighted by molar-refractivity contribution is 0.0486. The molecule has 9 nitrogen and oxygen atoms in total. The molecule has 0 spiro atoms. The van der Waals surface area contributed by atoms with Gasteiger partial charge >= 0.3 is 0 Å². The van der Waals surface area contributed by atoms with Crippen molar-refractivity contribution in [3.05, 3.63) is 82.2 Å². The lowest BCUT2D eigenvalue weighted by Crippen LogP contribution is -2.26. The van der Waals surface area contributed by atoms with Gasteiger partial charge in [0.25, 0.3) is 5.91 Å². The van der Waals surface area contributed by atoms with Crippen LogP contribution in [0.15, 0.2) is 42.7 Å². The first-order valence-electron chi connectivity index (χ1n) is 13.2. The van der Waals surface area contributed by atoms with Crippen LogP contribution in [-0.2, 0) is 6.54 Å². The van der Waals surface area contributed by atoms with Crippen LogP contribution in [0.25, 0.3) is 16.5 Å². The van der Waals surface area contributed by atoms with E-state index in [2.05, 4.69) is 15.4 Å².